The van der Waals surface area contributed by atoms with E-state index in [0.29, 0.717) is 12.5 Å². The number of hydrogen-bond acceptors (Lipinski definition) is 4. The number of rotatable bonds is 8. The Balaban J connectivity index is 0.00000312. The molecule has 5 nitrogen and oxygen atoms in total. The molecule has 2 aromatic rings. The van der Waals surface area contributed by atoms with Crippen LogP contribution < -0.4 is 20.5 Å². The topological polar surface area (TPSA) is 68.9 Å². The summed E-state index contributed by atoms with van der Waals surface area (Å²) in [4.78, 5) is 6.99. The lowest BCUT2D eigenvalue weighted by atomic mass is 10.1. The maximum Gasteiger partial charge on any atom is 0.188 e. The van der Waals surface area contributed by atoms with Crippen LogP contribution >= 0.6 is 35.3 Å². The van der Waals surface area contributed by atoms with Crippen LogP contribution in [0.15, 0.2) is 35.3 Å². The SMILES string of the molecule is CCc1ccc(CN=C(N)NCCc2ccc(OC)c(OC)c2)s1.I. The van der Waals surface area contributed by atoms with Crippen molar-refractivity contribution >= 4 is 41.3 Å². The highest BCUT2D eigenvalue weighted by molar-refractivity contribution is 14.0. The number of benzene rings is 1. The van der Waals surface area contributed by atoms with Crippen LogP contribution in [0.25, 0.3) is 0 Å². The van der Waals surface area contributed by atoms with E-state index in [1.54, 1.807) is 25.6 Å². The fourth-order valence-electron chi connectivity index (χ4n) is 2.29. The van der Waals surface area contributed by atoms with E-state index in [-0.39, 0.29) is 24.0 Å². The first kappa shape index (κ1) is 21.6. The van der Waals surface area contributed by atoms with Gasteiger partial charge in [-0.15, -0.1) is 35.3 Å². The number of aliphatic imine (C=N–C) groups is 1. The molecule has 0 bridgehead atoms. The molecule has 7 heteroatoms. The molecule has 0 atom stereocenters. The van der Waals surface area contributed by atoms with E-state index in [1.165, 1.54) is 9.75 Å². The third-order valence-corrected chi connectivity index (χ3v) is 4.85. The number of hydrogen-bond donors (Lipinski definition) is 2. The van der Waals surface area contributed by atoms with Gasteiger partial charge in [0, 0.05) is 16.3 Å². The molecule has 0 unspecified atom stereocenters. The molecule has 25 heavy (non-hydrogen) atoms. The number of guanidine groups is 1. The van der Waals surface area contributed by atoms with Gasteiger partial charge < -0.3 is 20.5 Å². The number of halogens is 1. The maximum absolute atomic E-state index is 5.93. The molecule has 0 saturated carbocycles. The summed E-state index contributed by atoms with van der Waals surface area (Å²) in [5, 5.41) is 3.15. The summed E-state index contributed by atoms with van der Waals surface area (Å²) >= 11 is 1.79. The smallest absolute Gasteiger partial charge is 0.188 e. The minimum atomic E-state index is 0. The Labute approximate surface area is 170 Å². The Bertz CT molecular complexity index is 689. The Morgan fingerprint density at radius 1 is 1.12 bits per heavy atom. The average molecular weight is 475 g/mol. The Hall–Kier alpha value is -1.48. The van der Waals surface area contributed by atoms with Gasteiger partial charge in [-0.1, -0.05) is 13.0 Å². The van der Waals surface area contributed by atoms with Gasteiger partial charge in [0.2, 0.25) is 0 Å². The van der Waals surface area contributed by atoms with Gasteiger partial charge in [0.15, 0.2) is 17.5 Å². The number of aryl methyl sites for hydroxylation is 1. The molecule has 0 aliphatic rings. The minimum absolute atomic E-state index is 0. The summed E-state index contributed by atoms with van der Waals surface area (Å²) in [5.74, 6) is 1.95. The molecule has 0 fully saturated rings. The van der Waals surface area contributed by atoms with Gasteiger partial charge in [-0.25, -0.2) is 4.99 Å². The Morgan fingerprint density at radius 3 is 2.48 bits per heavy atom. The van der Waals surface area contributed by atoms with E-state index in [1.807, 2.05) is 18.2 Å². The van der Waals surface area contributed by atoms with Gasteiger partial charge in [0.1, 0.15) is 0 Å². The van der Waals surface area contributed by atoms with Gasteiger partial charge in [-0.2, -0.15) is 0 Å². The number of nitrogens with one attached hydrogen (secondary N) is 1. The van der Waals surface area contributed by atoms with Gasteiger partial charge in [0.25, 0.3) is 0 Å². The molecule has 0 radical (unpaired) electrons. The van der Waals surface area contributed by atoms with E-state index >= 15 is 0 Å². The zero-order valence-corrected chi connectivity index (χ0v) is 18.0. The van der Waals surface area contributed by atoms with Crippen LogP contribution in [0.5, 0.6) is 11.5 Å². The summed E-state index contributed by atoms with van der Waals surface area (Å²) in [6.45, 7) is 3.50. The zero-order valence-electron chi connectivity index (χ0n) is 14.9. The van der Waals surface area contributed by atoms with Crippen molar-refractivity contribution < 1.29 is 9.47 Å². The van der Waals surface area contributed by atoms with Crippen LogP contribution in [-0.2, 0) is 19.4 Å². The van der Waals surface area contributed by atoms with Crippen molar-refractivity contribution in [3.05, 3.63) is 45.6 Å². The van der Waals surface area contributed by atoms with Crippen molar-refractivity contribution in [1.29, 1.82) is 0 Å². The highest BCUT2D eigenvalue weighted by Gasteiger charge is 2.04. The summed E-state index contributed by atoms with van der Waals surface area (Å²) in [7, 11) is 3.27. The maximum atomic E-state index is 5.93. The van der Waals surface area contributed by atoms with Crippen LogP contribution in [0.1, 0.15) is 22.2 Å². The predicted octanol–water partition coefficient (Wildman–Crippen LogP) is 3.59. The highest BCUT2D eigenvalue weighted by Crippen LogP contribution is 2.27. The fraction of sp³-hybridized carbons (Fsp3) is 0.389. The third-order valence-electron chi connectivity index (χ3n) is 3.64. The monoisotopic (exact) mass is 475 g/mol. The lowest BCUT2D eigenvalue weighted by molar-refractivity contribution is 0.354. The van der Waals surface area contributed by atoms with E-state index < -0.39 is 0 Å². The second-order valence-corrected chi connectivity index (χ2v) is 6.54. The van der Waals surface area contributed by atoms with Crippen LogP contribution in [-0.4, -0.2) is 26.7 Å². The normalized spacial score (nSPS) is 10.9. The van der Waals surface area contributed by atoms with Gasteiger partial charge in [-0.3, -0.25) is 0 Å². The van der Waals surface area contributed by atoms with Crippen LogP contribution in [0.4, 0.5) is 0 Å². The van der Waals surface area contributed by atoms with Crippen molar-refractivity contribution in [3.63, 3.8) is 0 Å². The molecule has 0 saturated heterocycles. The van der Waals surface area contributed by atoms with Crippen molar-refractivity contribution in [2.75, 3.05) is 20.8 Å². The van der Waals surface area contributed by atoms with Gasteiger partial charge in [-0.05, 0) is 42.7 Å². The predicted molar refractivity (Wildman–Crippen MR) is 116 cm³/mol. The van der Waals surface area contributed by atoms with Crippen LogP contribution in [0, 0.1) is 0 Å². The second-order valence-electron chi connectivity index (χ2n) is 5.29. The number of thiophene rings is 1. The molecule has 0 aliphatic heterocycles. The summed E-state index contributed by atoms with van der Waals surface area (Å²) in [6, 6.07) is 10.2. The van der Waals surface area contributed by atoms with E-state index in [2.05, 4.69) is 29.4 Å². The quantitative estimate of drug-likeness (QED) is 0.348. The van der Waals surface area contributed by atoms with E-state index in [4.69, 9.17) is 15.2 Å². The molecule has 0 amide bonds. The minimum Gasteiger partial charge on any atom is -0.493 e. The number of methoxy groups -OCH3 is 2. The molecular formula is C18H26IN3O2S. The Kier molecular flexibility index (Phi) is 9.66. The van der Waals surface area contributed by atoms with Crippen molar-refractivity contribution in [3.8, 4) is 11.5 Å². The molecule has 1 heterocycles. The van der Waals surface area contributed by atoms with Gasteiger partial charge in [0.05, 0.1) is 20.8 Å². The number of nitrogens with zero attached hydrogens (tertiary/aromatic N) is 1. The summed E-state index contributed by atoms with van der Waals surface area (Å²) in [5.41, 5.74) is 7.08. The zero-order chi connectivity index (χ0) is 17.4. The molecule has 138 valence electrons. The lowest BCUT2D eigenvalue weighted by Gasteiger charge is -2.10. The Morgan fingerprint density at radius 2 is 1.84 bits per heavy atom. The molecular weight excluding hydrogens is 449 g/mol. The van der Waals surface area contributed by atoms with E-state index in [0.717, 1.165) is 36.4 Å². The second kappa shape index (κ2) is 11.2. The third kappa shape index (κ3) is 6.74. The first-order valence-corrected chi connectivity index (χ1v) is 8.80. The van der Waals surface area contributed by atoms with E-state index in [9.17, 15) is 0 Å². The first-order chi connectivity index (χ1) is 11.7. The van der Waals surface area contributed by atoms with Crippen LogP contribution in [0.3, 0.4) is 0 Å². The number of nitrogens with two attached hydrogens (primary N) is 1. The summed E-state index contributed by atoms with van der Waals surface area (Å²) in [6.07, 6.45) is 1.89. The van der Waals surface area contributed by atoms with Gasteiger partial charge >= 0.3 is 0 Å². The van der Waals surface area contributed by atoms with Crippen molar-refractivity contribution in [2.24, 2.45) is 10.7 Å². The standard InChI is InChI=1S/C18H25N3O2S.HI/c1-4-14-6-7-15(24-14)12-21-18(19)20-10-9-13-5-8-16(22-2)17(11-13)23-3;/h5-8,11H,4,9-10,12H2,1-3H3,(H3,19,20,21);1H. The molecule has 2 rings (SSSR count). The molecule has 1 aromatic heterocycles. The number of ether oxygens (including phenoxy) is 2. The largest absolute Gasteiger partial charge is 0.493 e. The highest BCUT2D eigenvalue weighted by atomic mass is 127. The summed E-state index contributed by atoms with van der Waals surface area (Å²) < 4.78 is 10.5. The average Bonchev–Trinajstić information content (AvgIpc) is 3.08. The molecule has 0 aliphatic carbocycles. The van der Waals surface area contributed by atoms with Crippen LogP contribution in [0.2, 0.25) is 0 Å². The fourth-order valence-corrected chi connectivity index (χ4v) is 3.17. The molecule has 3 N–H and O–H groups in total. The van der Waals surface area contributed by atoms with Crippen molar-refractivity contribution in [1.82, 2.24) is 5.32 Å². The lowest BCUT2D eigenvalue weighted by Crippen LogP contribution is -2.33. The molecule has 0 spiro atoms. The molecule has 1 aromatic carbocycles. The van der Waals surface area contributed by atoms with Crippen molar-refractivity contribution in [2.45, 2.75) is 26.3 Å². The first-order valence-electron chi connectivity index (χ1n) is 7.98.